The number of methoxy groups -OCH3 is 1. The van der Waals surface area contributed by atoms with Crippen molar-refractivity contribution in [3.8, 4) is 0 Å². The van der Waals surface area contributed by atoms with E-state index in [1.165, 1.54) is 13.2 Å². The Morgan fingerprint density at radius 2 is 2.44 bits per heavy atom. The largest absolute Gasteiger partial charge is 0.469 e. The number of rotatable bonds is 2. The summed E-state index contributed by atoms with van der Waals surface area (Å²) in [7, 11) is 1.37. The van der Waals surface area contributed by atoms with Gasteiger partial charge in [0.05, 0.1) is 13.5 Å². The Bertz CT molecular complexity index is 406. The first-order chi connectivity index (χ1) is 7.72. The van der Waals surface area contributed by atoms with Gasteiger partial charge in [0.2, 0.25) is 0 Å². The highest BCUT2D eigenvalue weighted by atomic mass is 19.1. The molecule has 3 nitrogen and oxygen atoms in total. The molecule has 1 atom stereocenters. The molecule has 0 bridgehead atoms. The van der Waals surface area contributed by atoms with Gasteiger partial charge in [0.1, 0.15) is 5.82 Å². The van der Waals surface area contributed by atoms with E-state index in [4.69, 9.17) is 0 Å². The fourth-order valence-corrected chi connectivity index (χ4v) is 2.09. The molecule has 0 saturated heterocycles. The Hall–Kier alpha value is -1.42. The summed E-state index contributed by atoms with van der Waals surface area (Å²) in [6.45, 7) is 1.21. The number of hydrogen-bond donors (Lipinski definition) is 1. The van der Waals surface area contributed by atoms with Crippen LogP contribution in [0.5, 0.6) is 0 Å². The van der Waals surface area contributed by atoms with Gasteiger partial charge in [-0.05, 0) is 11.6 Å². The van der Waals surface area contributed by atoms with Crippen molar-refractivity contribution in [3.63, 3.8) is 0 Å². The van der Waals surface area contributed by atoms with E-state index in [-0.39, 0.29) is 17.7 Å². The summed E-state index contributed by atoms with van der Waals surface area (Å²) in [5, 5.41) is 3.11. The predicted octanol–water partition coefficient (Wildman–Crippen LogP) is 1.58. The molecule has 0 amide bonds. The number of carbonyl (C=O) groups excluding carboxylic acids is 1. The second kappa shape index (κ2) is 4.61. The first kappa shape index (κ1) is 11.1. The first-order valence-corrected chi connectivity index (χ1v) is 5.27. The highest BCUT2D eigenvalue weighted by molar-refractivity contribution is 5.70. The minimum absolute atomic E-state index is 0.00639. The van der Waals surface area contributed by atoms with Crippen LogP contribution in [-0.2, 0) is 16.1 Å². The molecule has 16 heavy (non-hydrogen) atoms. The molecular weight excluding hydrogens is 209 g/mol. The van der Waals surface area contributed by atoms with Crippen LogP contribution in [0.1, 0.15) is 23.5 Å². The number of benzene rings is 1. The van der Waals surface area contributed by atoms with Gasteiger partial charge in [-0.3, -0.25) is 4.79 Å². The van der Waals surface area contributed by atoms with Crippen LogP contribution < -0.4 is 5.32 Å². The quantitative estimate of drug-likeness (QED) is 0.773. The van der Waals surface area contributed by atoms with Crippen LogP contribution in [0.3, 0.4) is 0 Å². The zero-order valence-corrected chi connectivity index (χ0v) is 9.13. The van der Waals surface area contributed by atoms with Gasteiger partial charge in [0.25, 0.3) is 0 Å². The molecule has 1 aromatic carbocycles. The van der Waals surface area contributed by atoms with E-state index >= 15 is 0 Å². The zero-order valence-electron chi connectivity index (χ0n) is 9.13. The highest BCUT2D eigenvalue weighted by Crippen LogP contribution is 2.28. The number of hydrogen-bond acceptors (Lipinski definition) is 3. The van der Waals surface area contributed by atoms with Gasteiger partial charge < -0.3 is 10.1 Å². The molecule has 0 aliphatic carbocycles. The van der Waals surface area contributed by atoms with Gasteiger partial charge in [0, 0.05) is 24.6 Å². The van der Waals surface area contributed by atoms with Gasteiger partial charge >= 0.3 is 5.97 Å². The maximum atomic E-state index is 13.5. The minimum Gasteiger partial charge on any atom is -0.469 e. The molecule has 1 aromatic rings. The molecule has 1 unspecified atom stereocenters. The monoisotopic (exact) mass is 223 g/mol. The average Bonchev–Trinajstić information content (AvgIpc) is 2.30. The van der Waals surface area contributed by atoms with Crippen molar-refractivity contribution in [2.24, 2.45) is 0 Å². The fourth-order valence-electron chi connectivity index (χ4n) is 2.09. The lowest BCUT2D eigenvalue weighted by atomic mass is 9.88. The lowest BCUT2D eigenvalue weighted by molar-refractivity contribution is -0.141. The van der Waals surface area contributed by atoms with Crippen LogP contribution in [0, 0.1) is 5.82 Å². The van der Waals surface area contributed by atoms with Crippen molar-refractivity contribution < 1.29 is 13.9 Å². The van der Waals surface area contributed by atoms with E-state index in [1.807, 2.05) is 6.07 Å². The molecule has 1 heterocycles. The zero-order chi connectivity index (χ0) is 11.5. The molecule has 4 heteroatoms. The van der Waals surface area contributed by atoms with Crippen molar-refractivity contribution in [3.05, 3.63) is 35.1 Å². The average molecular weight is 223 g/mol. The first-order valence-electron chi connectivity index (χ1n) is 5.27. The van der Waals surface area contributed by atoms with E-state index in [2.05, 4.69) is 10.1 Å². The van der Waals surface area contributed by atoms with Crippen LogP contribution >= 0.6 is 0 Å². The van der Waals surface area contributed by atoms with Gasteiger partial charge in [-0.2, -0.15) is 0 Å². The van der Waals surface area contributed by atoms with Crippen molar-refractivity contribution in [1.82, 2.24) is 5.32 Å². The summed E-state index contributed by atoms with van der Waals surface area (Å²) >= 11 is 0. The van der Waals surface area contributed by atoms with Crippen molar-refractivity contribution >= 4 is 5.97 Å². The Labute approximate surface area is 93.6 Å². The van der Waals surface area contributed by atoms with Gasteiger partial charge in [-0.1, -0.05) is 12.1 Å². The lowest BCUT2D eigenvalue weighted by Gasteiger charge is -2.25. The van der Waals surface area contributed by atoms with Gasteiger partial charge in [-0.15, -0.1) is 0 Å². The Kier molecular flexibility index (Phi) is 3.19. The maximum Gasteiger partial charge on any atom is 0.306 e. The molecule has 0 spiro atoms. The van der Waals surface area contributed by atoms with Crippen molar-refractivity contribution in [2.45, 2.75) is 18.9 Å². The lowest BCUT2D eigenvalue weighted by Crippen LogP contribution is -2.30. The molecule has 0 fully saturated rings. The molecule has 0 radical (unpaired) electrons. The highest BCUT2D eigenvalue weighted by Gasteiger charge is 2.24. The minimum atomic E-state index is -0.260. The van der Waals surface area contributed by atoms with Crippen molar-refractivity contribution in [1.29, 1.82) is 0 Å². The predicted molar refractivity (Wildman–Crippen MR) is 57.5 cm³/mol. The second-order valence-electron chi connectivity index (χ2n) is 3.92. The molecule has 0 saturated carbocycles. The number of nitrogens with one attached hydrogen (secondary N) is 1. The number of esters is 1. The third kappa shape index (κ3) is 2.07. The van der Waals surface area contributed by atoms with E-state index in [9.17, 15) is 9.18 Å². The molecule has 1 aliphatic heterocycles. The maximum absolute atomic E-state index is 13.5. The molecule has 1 aliphatic rings. The molecular formula is C12H14FNO2. The van der Waals surface area contributed by atoms with Gasteiger partial charge in [0.15, 0.2) is 0 Å². The number of carbonyl (C=O) groups is 1. The summed E-state index contributed by atoms with van der Waals surface area (Å²) in [6.07, 6.45) is 0.292. The summed E-state index contributed by atoms with van der Waals surface area (Å²) in [4.78, 5) is 11.2. The summed E-state index contributed by atoms with van der Waals surface area (Å²) in [6, 6.07) is 5.01. The van der Waals surface area contributed by atoms with Crippen molar-refractivity contribution in [2.75, 3.05) is 13.7 Å². The van der Waals surface area contributed by atoms with E-state index in [0.29, 0.717) is 25.1 Å². The smallest absolute Gasteiger partial charge is 0.306 e. The third-order valence-electron chi connectivity index (χ3n) is 2.93. The van der Waals surface area contributed by atoms with E-state index < -0.39 is 0 Å². The van der Waals surface area contributed by atoms with Crippen LogP contribution in [-0.4, -0.2) is 19.6 Å². The Morgan fingerprint density at radius 3 is 3.19 bits per heavy atom. The molecule has 2 rings (SSSR count). The molecule has 0 aromatic heterocycles. The Balaban J connectivity index is 2.26. The fraction of sp³-hybridized carbons (Fsp3) is 0.417. The SMILES string of the molecule is COC(=O)CC1CNCc2c(F)cccc21. The Morgan fingerprint density at radius 1 is 1.62 bits per heavy atom. The normalized spacial score (nSPS) is 19.0. The number of fused-ring (bicyclic) bond motifs is 1. The topological polar surface area (TPSA) is 38.3 Å². The summed E-state index contributed by atoms with van der Waals surface area (Å²) in [5.74, 6) is -0.463. The number of ether oxygens (including phenoxy) is 1. The summed E-state index contributed by atoms with van der Waals surface area (Å²) in [5.41, 5.74) is 1.59. The van der Waals surface area contributed by atoms with Crippen LogP contribution in [0.15, 0.2) is 18.2 Å². The molecule has 1 N–H and O–H groups in total. The second-order valence-corrected chi connectivity index (χ2v) is 3.92. The van der Waals surface area contributed by atoms with E-state index in [0.717, 1.165) is 5.56 Å². The molecule has 86 valence electrons. The van der Waals surface area contributed by atoms with Crippen LogP contribution in [0.25, 0.3) is 0 Å². The standard InChI is InChI=1S/C12H14FNO2/c1-16-12(15)5-8-6-14-7-10-9(8)3-2-4-11(10)13/h2-4,8,14H,5-7H2,1H3. The summed E-state index contributed by atoms with van der Waals surface area (Å²) < 4.78 is 18.1. The van der Waals surface area contributed by atoms with Crippen LogP contribution in [0.2, 0.25) is 0 Å². The van der Waals surface area contributed by atoms with Gasteiger partial charge in [-0.25, -0.2) is 4.39 Å². The third-order valence-corrected chi connectivity index (χ3v) is 2.93. The van der Waals surface area contributed by atoms with E-state index in [1.54, 1.807) is 6.07 Å². The van der Waals surface area contributed by atoms with Crippen LogP contribution in [0.4, 0.5) is 4.39 Å². The number of halogens is 1.